The average molecular weight is 310 g/mol. The van der Waals surface area contributed by atoms with Gasteiger partial charge in [0.15, 0.2) is 0 Å². The number of amides is 1. The molecule has 2 rings (SSSR count). The van der Waals surface area contributed by atoms with E-state index in [1.54, 1.807) is 0 Å². The maximum atomic E-state index is 12.2. The zero-order valence-corrected chi connectivity index (χ0v) is 11.3. The van der Waals surface area contributed by atoms with Crippen LogP contribution in [0.4, 0.5) is 0 Å². The highest BCUT2D eigenvalue weighted by atomic mass is 16.4. The first-order chi connectivity index (χ1) is 12.5. The zero-order chi connectivity index (χ0) is 20.5. The van der Waals surface area contributed by atoms with Crippen LogP contribution in [0.3, 0.4) is 0 Å². The van der Waals surface area contributed by atoms with Gasteiger partial charge in [0.2, 0.25) is 5.91 Å². The number of fused-ring (bicyclic) bond motifs is 1. The van der Waals surface area contributed by atoms with Crippen molar-refractivity contribution in [1.82, 2.24) is 10.3 Å². The van der Waals surface area contributed by atoms with Gasteiger partial charge in [0.05, 0.1) is 13.3 Å². The number of carbonyl (C=O) groups is 3. The average Bonchev–Trinajstić information content (AvgIpc) is 2.91. The number of carboxylic acids is 2. The smallest absolute Gasteiger partial charge is 0.326 e. The van der Waals surface area contributed by atoms with E-state index in [1.807, 2.05) is 0 Å². The van der Waals surface area contributed by atoms with Crippen LogP contribution in [-0.4, -0.2) is 39.1 Å². The maximum absolute atomic E-state index is 12.2. The SMILES string of the molecule is [2H]c1[nH]c2c([2H])c([2H])c([2H])c([2H])c2c1CC(=O)[15NH][C@@H](CCC(=O)O)C(=O)O. The summed E-state index contributed by atoms with van der Waals surface area (Å²) in [5.41, 5.74) is -0.0219. The molecule has 22 heavy (non-hydrogen) atoms. The summed E-state index contributed by atoms with van der Waals surface area (Å²) < 4.78 is 39.1. The van der Waals surface area contributed by atoms with E-state index in [1.165, 1.54) is 0 Å². The number of aromatic nitrogens is 1. The second kappa shape index (κ2) is 6.75. The number of rotatable bonds is 7. The van der Waals surface area contributed by atoms with E-state index in [4.69, 9.17) is 17.1 Å². The van der Waals surface area contributed by atoms with Crippen molar-refractivity contribution >= 4 is 28.7 Å². The first-order valence-corrected chi connectivity index (χ1v) is 6.36. The molecule has 0 saturated carbocycles. The Hall–Kier alpha value is -2.83. The minimum atomic E-state index is -1.43. The van der Waals surface area contributed by atoms with E-state index >= 15 is 0 Å². The molecule has 7 nitrogen and oxygen atoms in total. The highest BCUT2D eigenvalue weighted by molar-refractivity contribution is 5.90. The molecule has 1 amide bonds. The molecule has 0 fully saturated rings. The standard InChI is InChI=1S/C15H16N2O5/c18-13(17-12(15(21)22)5-6-14(19)20)7-9-8-16-11-4-2-1-3-10(9)11/h1-4,8,12,16H,5-7H2,(H,17,18)(H,19,20)(H,21,22)/t12-/m0/s1/i1D,2D,3D,4D,8D,17+1. The number of aromatic amines is 1. The molecule has 1 aromatic carbocycles. The van der Waals surface area contributed by atoms with E-state index < -0.39 is 54.9 Å². The summed E-state index contributed by atoms with van der Waals surface area (Å²) in [6.45, 7) is 0. The third-order valence-electron chi connectivity index (χ3n) is 2.95. The predicted molar refractivity (Wildman–Crippen MR) is 78.4 cm³/mol. The van der Waals surface area contributed by atoms with Crippen LogP contribution in [0.15, 0.2) is 30.3 Å². The molecule has 7 heteroatoms. The van der Waals surface area contributed by atoms with Gasteiger partial charge in [-0.25, -0.2) is 4.79 Å². The van der Waals surface area contributed by atoms with Crippen molar-refractivity contribution in [3.05, 3.63) is 35.9 Å². The molecule has 1 atom stereocenters. The maximum Gasteiger partial charge on any atom is 0.326 e. The summed E-state index contributed by atoms with van der Waals surface area (Å²) in [7, 11) is 0. The molecule has 0 unspecified atom stereocenters. The van der Waals surface area contributed by atoms with Gasteiger partial charge in [0, 0.05) is 23.5 Å². The van der Waals surface area contributed by atoms with Crippen LogP contribution in [0.2, 0.25) is 0 Å². The number of H-pyrrole nitrogens is 1. The molecule has 1 aromatic heterocycles. The van der Waals surface area contributed by atoms with Crippen molar-refractivity contribution < 1.29 is 31.5 Å². The lowest BCUT2D eigenvalue weighted by Crippen LogP contribution is -2.41. The molecule has 0 aliphatic rings. The van der Waals surface area contributed by atoms with E-state index in [9.17, 15) is 14.4 Å². The van der Waals surface area contributed by atoms with Crippen molar-refractivity contribution in [3.8, 4) is 0 Å². The highest BCUT2D eigenvalue weighted by Gasteiger charge is 2.21. The normalized spacial score (nSPS) is 15.2. The molecule has 0 spiro atoms. The number of carbonyl (C=O) groups excluding carboxylic acids is 1. The summed E-state index contributed by atoms with van der Waals surface area (Å²) in [6, 6.07) is -3.22. The minimum Gasteiger partial charge on any atom is -0.481 e. The third kappa shape index (κ3) is 3.85. The van der Waals surface area contributed by atoms with Crippen LogP contribution < -0.4 is 5.32 Å². The lowest BCUT2D eigenvalue weighted by molar-refractivity contribution is -0.143. The van der Waals surface area contributed by atoms with E-state index in [2.05, 4.69) is 10.3 Å². The van der Waals surface area contributed by atoms with Gasteiger partial charge in [-0.05, 0) is 18.0 Å². The quantitative estimate of drug-likeness (QED) is 0.572. The van der Waals surface area contributed by atoms with Crippen LogP contribution >= 0.6 is 0 Å². The summed E-state index contributed by atoms with van der Waals surface area (Å²) >= 11 is 0. The first kappa shape index (κ1) is 9.99. The fourth-order valence-electron chi connectivity index (χ4n) is 1.90. The fraction of sp³-hybridized carbons (Fsp3) is 0.267. The van der Waals surface area contributed by atoms with Crippen LogP contribution in [0.5, 0.6) is 0 Å². The number of benzene rings is 1. The number of para-hydroxylation sites is 1. The van der Waals surface area contributed by atoms with Gasteiger partial charge in [-0.3, -0.25) is 9.59 Å². The fourth-order valence-corrected chi connectivity index (χ4v) is 1.90. The Kier molecular flexibility index (Phi) is 3.07. The van der Waals surface area contributed by atoms with E-state index in [-0.39, 0.29) is 35.1 Å². The molecule has 4 N–H and O–H groups in total. The predicted octanol–water partition coefficient (Wildman–Crippen LogP) is 1.14. The van der Waals surface area contributed by atoms with Crippen molar-refractivity contribution in [2.75, 3.05) is 0 Å². The molecule has 0 aliphatic heterocycles. The molecule has 116 valence electrons. The molecule has 1 heterocycles. The Morgan fingerprint density at radius 3 is 2.68 bits per heavy atom. The lowest BCUT2D eigenvalue weighted by atomic mass is 10.1. The van der Waals surface area contributed by atoms with Crippen molar-refractivity contribution in [1.29, 1.82) is 0 Å². The Bertz CT molecular complexity index is 943. The van der Waals surface area contributed by atoms with E-state index in [0.717, 1.165) is 0 Å². The summed E-state index contributed by atoms with van der Waals surface area (Å²) in [5.74, 6) is -3.43. The Morgan fingerprint density at radius 2 is 2.00 bits per heavy atom. The molecular formula is C15H16N2O5. The number of hydrogen-bond donors (Lipinski definition) is 4. The van der Waals surface area contributed by atoms with Gasteiger partial charge in [-0.15, -0.1) is 0 Å². The number of aliphatic carboxylic acids is 2. The molecule has 0 bridgehead atoms. The van der Waals surface area contributed by atoms with Gasteiger partial charge in [0.1, 0.15) is 6.04 Å². The largest absolute Gasteiger partial charge is 0.481 e. The monoisotopic (exact) mass is 310 g/mol. The van der Waals surface area contributed by atoms with Crippen molar-refractivity contribution in [3.63, 3.8) is 0 Å². The van der Waals surface area contributed by atoms with Gasteiger partial charge in [-0.2, -0.15) is 0 Å². The van der Waals surface area contributed by atoms with Crippen LogP contribution in [0.1, 0.15) is 25.3 Å². The second-order valence-corrected chi connectivity index (χ2v) is 4.55. The third-order valence-corrected chi connectivity index (χ3v) is 2.95. The van der Waals surface area contributed by atoms with Gasteiger partial charge >= 0.3 is 11.9 Å². The Morgan fingerprint density at radius 1 is 1.27 bits per heavy atom. The van der Waals surface area contributed by atoms with Gasteiger partial charge < -0.3 is 20.5 Å². The van der Waals surface area contributed by atoms with Gasteiger partial charge in [-0.1, -0.05) is 18.1 Å². The molecular weight excluding hydrogens is 289 g/mol. The number of nitrogens with one attached hydrogen (secondary N) is 2. The van der Waals surface area contributed by atoms with E-state index in [0.29, 0.717) is 0 Å². The van der Waals surface area contributed by atoms with Crippen LogP contribution in [0, 0.1) is 0 Å². The lowest BCUT2D eigenvalue weighted by Gasteiger charge is -2.13. The van der Waals surface area contributed by atoms with Crippen LogP contribution in [0.25, 0.3) is 10.9 Å². The Balaban J connectivity index is 2.32. The first-order valence-electron chi connectivity index (χ1n) is 8.86. The highest BCUT2D eigenvalue weighted by Crippen LogP contribution is 2.18. The molecule has 2 aromatic rings. The molecule has 0 saturated heterocycles. The number of hydrogen-bond acceptors (Lipinski definition) is 3. The number of carboxylic acid groups (broad SMARTS) is 2. The second-order valence-electron chi connectivity index (χ2n) is 4.55. The molecule has 0 radical (unpaired) electrons. The summed E-state index contributed by atoms with van der Waals surface area (Å²) in [5, 5.41) is 19.9. The zero-order valence-electron chi connectivity index (χ0n) is 16.3. The minimum absolute atomic E-state index is 0.00290. The van der Waals surface area contributed by atoms with Crippen LogP contribution in [-0.2, 0) is 20.8 Å². The summed E-state index contributed by atoms with van der Waals surface area (Å²) in [6.07, 6.45) is -1.57. The molecule has 0 aliphatic carbocycles. The van der Waals surface area contributed by atoms with Crippen molar-refractivity contribution in [2.24, 2.45) is 0 Å². The van der Waals surface area contributed by atoms with Crippen molar-refractivity contribution in [2.45, 2.75) is 25.3 Å². The summed E-state index contributed by atoms with van der Waals surface area (Å²) in [4.78, 5) is 36.5. The topological polar surface area (TPSA) is 119 Å². The Labute approximate surface area is 133 Å². The van der Waals surface area contributed by atoms with Gasteiger partial charge in [0.25, 0.3) is 0 Å².